The molecule has 0 saturated heterocycles. The summed E-state index contributed by atoms with van der Waals surface area (Å²) in [4.78, 5) is 18.3. The van der Waals surface area contributed by atoms with Crippen molar-refractivity contribution in [1.82, 2.24) is 9.97 Å². The van der Waals surface area contributed by atoms with Gasteiger partial charge in [0.2, 0.25) is 0 Å². The first-order chi connectivity index (χ1) is 6.68. The highest BCUT2D eigenvalue weighted by molar-refractivity contribution is 6.00. The summed E-state index contributed by atoms with van der Waals surface area (Å²) in [6.07, 6.45) is 1.18. The number of aromatic hydroxyl groups is 1. The number of carboxylic acid groups (broad SMARTS) is 1. The molecule has 1 aromatic carbocycles. The number of phenols is 1. The van der Waals surface area contributed by atoms with Gasteiger partial charge in [0, 0.05) is 5.39 Å². The second-order valence-corrected chi connectivity index (χ2v) is 2.73. The summed E-state index contributed by atoms with van der Waals surface area (Å²) < 4.78 is 0. The van der Waals surface area contributed by atoms with E-state index >= 15 is 0 Å². The third kappa shape index (κ3) is 1.24. The number of carboxylic acids is 1. The zero-order chi connectivity index (χ0) is 10.1. The quantitative estimate of drug-likeness (QED) is 0.701. The molecule has 70 valence electrons. The highest BCUT2D eigenvalue weighted by Gasteiger charge is 2.10. The van der Waals surface area contributed by atoms with Crippen LogP contribution in [0.25, 0.3) is 10.9 Å². The van der Waals surface area contributed by atoms with Crippen LogP contribution in [0.4, 0.5) is 0 Å². The summed E-state index contributed by atoms with van der Waals surface area (Å²) in [5.74, 6) is -1.14. The predicted octanol–water partition coefficient (Wildman–Crippen LogP) is 1.03. The molecule has 5 nitrogen and oxygen atoms in total. The Morgan fingerprint density at radius 2 is 2.07 bits per heavy atom. The van der Waals surface area contributed by atoms with Crippen molar-refractivity contribution in [2.45, 2.75) is 0 Å². The van der Waals surface area contributed by atoms with E-state index < -0.39 is 5.97 Å². The number of rotatable bonds is 1. The van der Waals surface area contributed by atoms with Crippen LogP contribution >= 0.6 is 0 Å². The summed E-state index contributed by atoms with van der Waals surface area (Å²) in [5.41, 5.74) is 0.390. The van der Waals surface area contributed by atoms with E-state index in [1.807, 2.05) is 0 Å². The lowest BCUT2D eigenvalue weighted by atomic mass is 10.2. The molecule has 0 amide bonds. The van der Waals surface area contributed by atoms with Crippen molar-refractivity contribution >= 4 is 16.9 Å². The van der Waals surface area contributed by atoms with Crippen LogP contribution in [0.3, 0.4) is 0 Å². The third-order valence-corrected chi connectivity index (χ3v) is 1.82. The molecule has 0 saturated carbocycles. The van der Waals surface area contributed by atoms with Crippen molar-refractivity contribution in [1.29, 1.82) is 0 Å². The minimum Gasteiger partial charge on any atom is -0.508 e. The standard InChI is InChI=1S/C9H6N2O3/c12-5-1-2-7-6(3-5)8(9(13)14)11-4-10-7/h1-4,12H,(H,13,14). The van der Waals surface area contributed by atoms with Crippen LogP contribution < -0.4 is 0 Å². The SMILES string of the molecule is O=C(O)c1ncnc2ccc(O)cc12. The number of hydrogen-bond donors (Lipinski definition) is 2. The Morgan fingerprint density at radius 3 is 2.79 bits per heavy atom. The Kier molecular flexibility index (Phi) is 1.78. The van der Waals surface area contributed by atoms with Crippen molar-refractivity contribution in [3.05, 3.63) is 30.2 Å². The molecule has 1 aromatic heterocycles. The molecular weight excluding hydrogens is 184 g/mol. The summed E-state index contributed by atoms with van der Waals surface area (Å²) in [6.45, 7) is 0. The highest BCUT2D eigenvalue weighted by Crippen LogP contribution is 2.19. The fraction of sp³-hybridized carbons (Fsp3) is 0. The normalized spacial score (nSPS) is 10.3. The second kappa shape index (κ2) is 2.95. The van der Waals surface area contributed by atoms with E-state index in [9.17, 15) is 9.90 Å². The van der Waals surface area contributed by atoms with Gasteiger partial charge >= 0.3 is 5.97 Å². The maximum atomic E-state index is 10.8. The van der Waals surface area contributed by atoms with E-state index in [1.54, 1.807) is 6.07 Å². The van der Waals surface area contributed by atoms with Crippen LogP contribution in [0.15, 0.2) is 24.5 Å². The van der Waals surface area contributed by atoms with Crippen molar-refractivity contribution in [2.75, 3.05) is 0 Å². The Hall–Kier alpha value is -2.17. The fourth-order valence-electron chi connectivity index (χ4n) is 1.22. The molecule has 2 N–H and O–H groups in total. The van der Waals surface area contributed by atoms with Gasteiger partial charge in [0.05, 0.1) is 5.52 Å². The Morgan fingerprint density at radius 1 is 1.29 bits per heavy atom. The lowest BCUT2D eigenvalue weighted by molar-refractivity contribution is 0.0692. The molecule has 0 bridgehead atoms. The number of aromatic nitrogens is 2. The Balaban J connectivity index is 2.84. The molecular formula is C9H6N2O3. The second-order valence-electron chi connectivity index (χ2n) is 2.73. The van der Waals surface area contributed by atoms with Gasteiger partial charge in [0.15, 0.2) is 5.69 Å². The van der Waals surface area contributed by atoms with E-state index in [4.69, 9.17) is 5.11 Å². The van der Waals surface area contributed by atoms with Crippen LogP contribution in [0.1, 0.15) is 10.5 Å². The van der Waals surface area contributed by atoms with Gasteiger partial charge in [-0.15, -0.1) is 0 Å². The topological polar surface area (TPSA) is 83.3 Å². The first-order valence-electron chi connectivity index (χ1n) is 3.85. The summed E-state index contributed by atoms with van der Waals surface area (Å²) >= 11 is 0. The number of benzene rings is 1. The largest absolute Gasteiger partial charge is 0.508 e. The average Bonchev–Trinajstić information content (AvgIpc) is 2.16. The van der Waals surface area contributed by atoms with Gasteiger partial charge in [-0.3, -0.25) is 0 Å². The number of hydrogen-bond acceptors (Lipinski definition) is 4. The van der Waals surface area contributed by atoms with E-state index in [0.717, 1.165) is 0 Å². The first-order valence-corrected chi connectivity index (χ1v) is 3.85. The Labute approximate surface area is 78.7 Å². The number of carbonyl (C=O) groups is 1. The minimum absolute atomic E-state index is 0.00481. The number of aromatic carboxylic acids is 1. The van der Waals surface area contributed by atoms with E-state index in [2.05, 4.69) is 9.97 Å². The van der Waals surface area contributed by atoms with Crippen LogP contribution in [0.2, 0.25) is 0 Å². The molecule has 14 heavy (non-hydrogen) atoms. The zero-order valence-corrected chi connectivity index (χ0v) is 7.01. The van der Waals surface area contributed by atoms with Gasteiger partial charge in [-0.25, -0.2) is 14.8 Å². The Bertz CT molecular complexity index is 510. The maximum Gasteiger partial charge on any atom is 0.355 e. The van der Waals surface area contributed by atoms with Crippen LogP contribution in [-0.4, -0.2) is 26.2 Å². The average molecular weight is 190 g/mol. The number of fused-ring (bicyclic) bond motifs is 1. The summed E-state index contributed by atoms with van der Waals surface area (Å²) in [5, 5.41) is 18.3. The molecule has 0 aliphatic heterocycles. The van der Waals surface area contributed by atoms with Crippen molar-refractivity contribution in [3.8, 4) is 5.75 Å². The van der Waals surface area contributed by atoms with E-state index in [1.165, 1.54) is 18.5 Å². The molecule has 0 radical (unpaired) electrons. The third-order valence-electron chi connectivity index (χ3n) is 1.82. The lowest BCUT2D eigenvalue weighted by Gasteiger charge is -2.00. The summed E-state index contributed by atoms with van der Waals surface area (Å²) in [6, 6.07) is 4.32. The first kappa shape index (κ1) is 8.43. The predicted molar refractivity (Wildman–Crippen MR) is 48.2 cm³/mol. The molecule has 0 aliphatic carbocycles. The van der Waals surface area contributed by atoms with Gasteiger partial charge in [-0.2, -0.15) is 0 Å². The molecule has 0 atom stereocenters. The monoisotopic (exact) mass is 190 g/mol. The fourth-order valence-corrected chi connectivity index (χ4v) is 1.22. The highest BCUT2D eigenvalue weighted by atomic mass is 16.4. The van der Waals surface area contributed by atoms with Gasteiger partial charge in [-0.05, 0) is 18.2 Å². The van der Waals surface area contributed by atoms with E-state index in [0.29, 0.717) is 10.9 Å². The number of nitrogens with zero attached hydrogens (tertiary/aromatic N) is 2. The van der Waals surface area contributed by atoms with Crippen molar-refractivity contribution in [2.24, 2.45) is 0 Å². The molecule has 5 heteroatoms. The van der Waals surface area contributed by atoms with Gasteiger partial charge in [-0.1, -0.05) is 0 Å². The molecule has 0 spiro atoms. The molecule has 2 rings (SSSR count). The smallest absolute Gasteiger partial charge is 0.355 e. The molecule has 1 heterocycles. The molecule has 2 aromatic rings. The minimum atomic E-state index is -1.14. The van der Waals surface area contributed by atoms with Gasteiger partial charge < -0.3 is 10.2 Å². The zero-order valence-electron chi connectivity index (χ0n) is 7.01. The molecule has 0 aliphatic rings. The van der Waals surface area contributed by atoms with Crippen LogP contribution in [0.5, 0.6) is 5.75 Å². The number of phenolic OH excluding ortho intramolecular Hbond substituents is 1. The van der Waals surface area contributed by atoms with Gasteiger partial charge in [0.1, 0.15) is 12.1 Å². The lowest BCUT2D eigenvalue weighted by Crippen LogP contribution is -2.01. The van der Waals surface area contributed by atoms with Crippen molar-refractivity contribution < 1.29 is 15.0 Å². The van der Waals surface area contributed by atoms with Crippen molar-refractivity contribution in [3.63, 3.8) is 0 Å². The van der Waals surface area contributed by atoms with Crippen LogP contribution in [0, 0.1) is 0 Å². The molecule has 0 fully saturated rings. The summed E-state index contributed by atoms with van der Waals surface area (Å²) in [7, 11) is 0. The maximum absolute atomic E-state index is 10.8. The van der Waals surface area contributed by atoms with Gasteiger partial charge in [0.25, 0.3) is 0 Å². The molecule has 0 unspecified atom stereocenters. The van der Waals surface area contributed by atoms with E-state index in [-0.39, 0.29) is 11.4 Å². The van der Waals surface area contributed by atoms with Crippen LogP contribution in [-0.2, 0) is 0 Å².